The molecule has 2 N–H and O–H groups in total. The number of allylic oxidation sites excluding steroid dienone is 3. The summed E-state index contributed by atoms with van der Waals surface area (Å²) in [4.78, 5) is 3.15. The maximum absolute atomic E-state index is 9.95. The van der Waals surface area contributed by atoms with Crippen LogP contribution in [0.1, 0.15) is 155 Å². The van der Waals surface area contributed by atoms with E-state index in [9.17, 15) is 10.2 Å². The molecule has 11 rings (SSSR count). The molecule has 4 spiro atoms. The second-order valence-electron chi connectivity index (χ2n) is 22.2. The van der Waals surface area contributed by atoms with E-state index in [0.717, 1.165) is 54.9 Å². The lowest BCUT2D eigenvalue weighted by Gasteiger charge is -2.74. The Morgan fingerprint density at radius 1 is 0.966 bits per heavy atom. The molecule has 14 atom stereocenters. The smallest absolute Gasteiger partial charge is 0.116 e. The van der Waals surface area contributed by atoms with Crippen molar-refractivity contribution in [2.75, 3.05) is 19.8 Å². The average molecular weight is 784 g/mol. The van der Waals surface area contributed by atoms with E-state index in [0.29, 0.717) is 46.7 Å². The largest absolute Gasteiger partial charge is 0.508 e. The summed E-state index contributed by atoms with van der Waals surface area (Å²) in [6, 6.07) is 12.6. The molecule has 58 heavy (non-hydrogen) atoms. The monoisotopic (exact) mass is 784 g/mol. The first-order valence-electron chi connectivity index (χ1n) is 24.4. The van der Waals surface area contributed by atoms with Crippen LogP contribution in [0.25, 0.3) is 10.8 Å². The highest BCUT2D eigenvalue weighted by Gasteiger charge is 2.87. The maximum Gasteiger partial charge on any atom is 0.116 e. The van der Waals surface area contributed by atoms with Gasteiger partial charge in [0.2, 0.25) is 0 Å². The fourth-order valence-electron chi connectivity index (χ4n) is 18.5. The van der Waals surface area contributed by atoms with Crippen LogP contribution in [0.2, 0.25) is 0 Å². The highest BCUT2D eigenvalue weighted by molar-refractivity contribution is 5.84. The first kappa shape index (κ1) is 38.5. The van der Waals surface area contributed by atoms with Gasteiger partial charge in [-0.15, -0.1) is 0 Å². The predicted octanol–water partition coefficient (Wildman–Crippen LogP) is 12.4. The van der Waals surface area contributed by atoms with Crippen molar-refractivity contribution in [2.24, 2.45) is 51.2 Å². The predicted molar refractivity (Wildman–Crippen MR) is 236 cm³/mol. The second kappa shape index (κ2) is 13.5. The number of phenols is 1. The Morgan fingerprint density at radius 2 is 1.83 bits per heavy atom. The summed E-state index contributed by atoms with van der Waals surface area (Å²) >= 11 is 0. The molecule has 0 aromatic heterocycles. The molecule has 2 bridgehead atoms. The van der Waals surface area contributed by atoms with Crippen molar-refractivity contribution in [3.63, 3.8) is 0 Å². The number of nitrogens with zero attached hydrogens (tertiary/aromatic N) is 1. The van der Waals surface area contributed by atoms with Crippen molar-refractivity contribution in [2.45, 2.75) is 166 Å². The lowest BCUT2D eigenvalue weighted by atomic mass is 9.31. The van der Waals surface area contributed by atoms with Gasteiger partial charge in [0.25, 0.3) is 0 Å². The van der Waals surface area contributed by atoms with Gasteiger partial charge < -0.3 is 14.9 Å². The summed E-state index contributed by atoms with van der Waals surface area (Å²) in [7, 11) is 0. The van der Waals surface area contributed by atoms with Gasteiger partial charge in [-0.2, -0.15) is 0 Å². The van der Waals surface area contributed by atoms with Crippen molar-refractivity contribution >= 4 is 10.8 Å². The number of phenolic OH excluding ortho intramolecular Hbond substituents is 1. The van der Waals surface area contributed by atoms with Gasteiger partial charge in [-0.25, -0.2) is 0 Å². The second-order valence-corrected chi connectivity index (χ2v) is 22.2. The zero-order chi connectivity index (χ0) is 39.7. The molecule has 2 aromatic rings. The van der Waals surface area contributed by atoms with E-state index >= 15 is 0 Å². The van der Waals surface area contributed by atoms with Crippen molar-refractivity contribution in [1.82, 2.24) is 4.90 Å². The van der Waals surface area contributed by atoms with Crippen LogP contribution >= 0.6 is 0 Å². The Hall–Kier alpha value is -2.40. The van der Waals surface area contributed by atoms with Gasteiger partial charge in [-0.1, -0.05) is 86.9 Å². The third-order valence-corrected chi connectivity index (χ3v) is 20.7. The summed E-state index contributed by atoms with van der Waals surface area (Å²) in [5, 5.41) is 22.1. The molecule has 2 aliphatic heterocycles. The molecule has 6 fully saturated rings. The van der Waals surface area contributed by atoms with Crippen LogP contribution in [-0.2, 0) is 4.74 Å². The molecule has 4 heteroatoms. The van der Waals surface area contributed by atoms with Gasteiger partial charge in [0.15, 0.2) is 0 Å². The lowest BCUT2D eigenvalue weighted by Crippen LogP contribution is -2.73. The Balaban J connectivity index is 0.868. The van der Waals surface area contributed by atoms with E-state index in [1.165, 1.54) is 114 Å². The molecule has 2 heterocycles. The first-order chi connectivity index (χ1) is 28.1. The third-order valence-electron chi connectivity index (χ3n) is 20.7. The number of ether oxygens (including phenoxy) is 1. The molecule has 5 saturated carbocycles. The highest BCUT2D eigenvalue weighted by atomic mass is 16.5. The van der Waals surface area contributed by atoms with Crippen molar-refractivity contribution < 1.29 is 14.9 Å². The molecule has 7 aliphatic carbocycles. The Labute approximate surface area is 350 Å². The quantitative estimate of drug-likeness (QED) is 0.135. The van der Waals surface area contributed by atoms with Crippen LogP contribution in [0.3, 0.4) is 0 Å². The molecule has 4 nitrogen and oxygen atoms in total. The number of aliphatic hydroxyl groups excluding tert-OH is 1. The van der Waals surface area contributed by atoms with Crippen molar-refractivity contribution in [3.8, 4) is 5.75 Å². The third kappa shape index (κ3) is 4.81. The molecule has 2 aromatic carbocycles. The Kier molecular flexibility index (Phi) is 9.00. The average Bonchev–Trinajstić information content (AvgIpc) is 3.42. The van der Waals surface area contributed by atoms with Gasteiger partial charge in [0.1, 0.15) is 5.75 Å². The number of aliphatic hydroxyl groups is 1. The molecule has 9 aliphatic rings. The van der Waals surface area contributed by atoms with Crippen LogP contribution in [-0.4, -0.2) is 52.1 Å². The molecule has 0 radical (unpaired) electrons. The Morgan fingerprint density at radius 3 is 2.69 bits per heavy atom. The number of rotatable bonds is 11. The van der Waals surface area contributed by atoms with Gasteiger partial charge in [0.05, 0.1) is 11.6 Å². The van der Waals surface area contributed by atoms with Crippen molar-refractivity contribution in [1.29, 1.82) is 0 Å². The van der Waals surface area contributed by atoms with Gasteiger partial charge in [-0.05, 0) is 191 Å². The van der Waals surface area contributed by atoms with Crippen LogP contribution < -0.4 is 0 Å². The number of unbranched alkanes of at least 4 members (excludes halogenated alkanes) is 1. The fraction of sp³-hybridized carbons (Fsp3) is 0.704. The van der Waals surface area contributed by atoms with E-state index < -0.39 is 0 Å². The SMILES string of the molecule is CC[C@H](CCCCO[C@H]1CC[C@H]2CC[C@]3(C[C@@H](C)[C@]45CCC(C)=C4C[C@]34[C@]3(C=CC[C@@]45C)C=C[C@@H]4[C@@H](CCCO)CC[C@@]45CN53)[C@H]2C1)c1ccc2cc(O)ccc2c1. The zero-order valence-electron chi connectivity index (χ0n) is 36.4. The van der Waals surface area contributed by atoms with Crippen LogP contribution in [0, 0.1) is 51.2 Å². The van der Waals surface area contributed by atoms with Gasteiger partial charge >= 0.3 is 0 Å². The molecule has 0 amide bonds. The van der Waals surface area contributed by atoms with E-state index in [1.54, 1.807) is 5.57 Å². The lowest BCUT2D eigenvalue weighted by molar-refractivity contribution is -0.237. The summed E-state index contributed by atoms with van der Waals surface area (Å²) in [6.07, 6.45) is 34.7. The molecular formula is C54H73NO3. The number of benzene rings is 2. The van der Waals surface area contributed by atoms with E-state index in [1.807, 2.05) is 17.7 Å². The van der Waals surface area contributed by atoms with Gasteiger partial charge in [-0.3, -0.25) is 4.90 Å². The van der Waals surface area contributed by atoms with E-state index in [-0.39, 0.29) is 16.4 Å². The minimum Gasteiger partial charge on any atom is -0.508 e. The number of hydrogen-bond donors (Lipinski definition) is 2. The molecule has 1 unspecified atom stereocenters. The minimum atomic E-state index is 0.0124. The standard InChI is InChI=1S/C54H73NO3/c1-5-38(41-12-13-43-31-44(57)16-14-42(43)30-41)10-6-7-29-58-45-17-15-40-19-24-50(47(40)32-45)33-37(3)53-27-18-36(2)48(53)34-54(50)49(53,4)22-9-23-52(54)26-21-46-39(11-8-28-56)20-25-51(46)35-55(51)52/h9,12-14,16,21,23,26,30-31,37-40,45-47,56-57H,5-8,10-11,15,17-20,22,24-25,27-29,32-35H2,1-4H3/t37-,38-,39+,40+,45+,46-,47+,49-,50+,51-,52+,53-,54-,55?/m1/s1. The van der Waals surface area contributed by atoms with Crippen LogP contribution in [0.15, 0.2) is 71.8 Å². The van der Waals surface area contributed by atoms with Gasteiger partial charge in [0, 0.05) is 36.1 Å². The first-order valence-corrected chi connectivity index (χ1v) is 24.4. The van der Waals surface area contributed by atoms with Crippen molar-refractivity contribution in [3.05, 3.63) is 77.4 Å². The van der Waals surface area contributed by atoms with E-state index in [4.69, 9.17) is 4.74 Å². The molecule has 312 valence electrons. The number of hydrogen-bond acceptors (Lipinski definition) is 4. The maximum atomic E-state index is 9.95. The Bertz CT molecular complexity index is 2050. The summed E-state index contributed by atoms with van der Waals surface area (Å²) < 4.78 is 7.05. The summed E-state index contributed by atoms with van der Waals surface area (Å²) in [5.41, 5.74) is 6.66. The summed E-state index contributed by atoms with van der Waals surface area (Å²) in [5.74, 6) is 4.66. The highest BCUT2D eigenvalue weighted by Crippen LogP contribution is 2.90. The topological polar surface area (TPSA) is 52.7 Å². The van der Waals surface area contributed by atoms with E-state index in [2.05, 4.69) is 81.2 Å². The number of aromatic hydroxyl groups is 1. The number of fused-ring (bicyclic) bond motifs is 4. The van der Waals surface area contributed by atoms with Crippen LogP contribution in [0.4, 0.5) is 0 Å². The molecular weight excluding hydrogens is 711 g/mol. The minimum absolute atomic E-state index is 0.0124. The van der Waals surface area contributed by atoms with Crippen LogP contribution in [0.5, 0.6) is 5.75 Å². The normalized spacial score (nSPS) is 45.8. The summed E-state index contributed by atoms with van der Waals surface area (Å²) in [6.45, 7) is 13.0. The zero-order valence-corrected chi connectivity index (χ0v) is 36.4. The fourth-order valence-corrected chi connectivity index (χ4v) is 18.5. The molecule has 1 saturated heterocycles.